The van der Waals surface area contributed by atoms with Crippen LogP contribution in [0.4, 0.5) is 0 Å². The Bertz CT molecular complexity index is 361. The second-order valence-corrected chi connectivity index (χ2v) is 5.77. The first-order chi connectivity index (χ1) is 7.75. The number of amides is 1. The van der Waals surface area contributed by atoms with Crippen molar-refractivity contribution in [3.8, 4) is 0 Å². The molecule has 5 heteroatoms. The standard InChI is InChI=1S/C11H15ClN2OS/c12-10-4-3-9(16-10)7-14-11(15)8-2-1-5-13-6-8/h3-4,8,13H,1-2,5-7H2,(H,14,15)/t8-/m1/s1. The van der Waals surface area contributed by atoms with Gasteiger partial charge in [0.05, 0.1) is 16.8 Å². The van der Waals surface area contributed by atoms with Gasteiger partial charge >= 0.3 is 0 Å². The lowest BCUT2D eigenvalue weighted by atomic mass is 9.99. The monoisotopic (exact) mass is 258 g/mol. The minimum atomic E-state index is 0.129. The maximum atomic E-state index is 11.8. The van der Waals surface area contributed by atoms with Crippen LogP contribution in [0.25, 0.3) is 0 Å². The van der Waals surface area contributed by atoms with Gasteiger partial charge in [-0.05, 0) is 31.5 Å². The smallest absolute Gasteiger partial charge is 0.224 e. The van der Waals surface area contributed by atoms with Gasteiger partial charge < -0.3 is 10.6 Å². The Balaban J connectivity index is 1.78. The maximum absolute atomic E-state index is 11.8. The van der Waals surface area contributed by atoms with Gasteiger partial charge in [0.1, 0.15) is 0 Å². The number of thiophene rings is 1. The van der Waals surface area contributed by atoms with Crippen molar-refractivity contribution in [3.05, 3.63) is 21.3 Å². The number of halogens is 1. The van der Waals surface area contributed by atoms with Gasteiger partial charge in [-0.15, -0.1) is 11.3 Å². The molecule has 0 aromatic carbocycles. The van der Waals surface area contributed by atoms with Crippen molar-refractivity contribution in [2.75, 3.05) is 13.1 Å². The van der Waals surface area contributed by atoms with Crippen LogP contribution in [0.2, 0.25) is 4.34 Å². The quantitative estimate of drug-likeness (QED) is 0.871. The molecule has 1 fully saturated rings. The molecular weight excluding hydrogens is 244 g/mol. The van der Waals surface area contributed by atoms with E-state index in [9.17, 15) is 4.79 Å². The van der Waals surface area contributed by atoms with Crippen LogP contribution in [-0.4, -0.2) is 19.0 Å². The molecule has 1 aliphatic heterocycles. The summed E-state index contributed by atoms with van der Waals surface area (Å²) >= 11 is 7.33. The normalized spacial score (nSPS) is 20.7. The highest BCUT2D eigenvalue weighted by Crippen LogP contribution is 2.21. The molecule has 0 unspecified atom stereocenters. The summed E-state index contributed by atoms with van der Waals surface area (Å²) in [7, 11) is 0. The first-order valence-corrected chi connectivity index (χ1v) is 6.68. The van der Waals surface area contributed by atoms with Crippen molar-refractivity contribution in [2.45, 2.75) is 19.4 Å². The molecule has 1 aliphatic rings. The Morgan fingerprint density at radius 1 is 1.62 bits per heavy atom. The lowest BCUT2D eigenvalue weighted by Gasteiger charge is -2.21. The third-order valence-electron chi connectivity index (χ3n) is 2.73. The highest BCUT2D eigenvalue weighted by molar-refractivity contribution is 7.16. The van der Waals surface area contributed by atoms with E-state index in [0.717, 1.165) is 35.1 Å². The molecule has 1 amide bonds. The lowest BCUT2D eigenvalue weighted by Crippen LogP contribution is -2.40. The minimum Gasteiger partial charge on any atom is -0.351 e. The number of nitrogens with one attached hydrogen (secondary N) is 2. The molecule has 1 aromatic rings. The summed E-state index contributed by atoms with van der Waals surface area (Å²) in [5.74, 6) is 0.279. The second-order valence-electron chi connectivity index (χ2n) is 3.97. The van der Waals surface area contributed by atoms with Crippen LogP contribution in [0.3, 0.4) is 0 Å². The van der Waals surface area contributed by atoms with Crippen LogP contribution >= 0.6 is 22.9 Å². The molecule has 1 saturated heterocycles. The van der Waals surface area contributed by atoms with Crippen molar-refractivity contribution >= 4 is 28.8 Å². The van der Waals surface area contributed by atoms with Crippen molar-refractivity contribution in [1.82, 2.24) is 10.6 Å². The zero-order valence-electron chi connectivity index (χ0n) is 8.96. The van der Waals surface area contributed by atoms with Gasteiger partial charge in [-0.2, -0.15) is 0 Å². The zero-order chi connectivity index (χ0) is 11.4. The molecule has 1 aromatic heterocycles. The van der Waals surface area contributed by atoms with E-state index in [1.165, 1.54) is 11.3 Å². The molecule has 2 heterocycles. The van der Waals surface area contributed by atoms with E-state index < -0.39 is 0 Å². The number of piperidine rings is 1. The number of hydrogen-bond donors (Lipinski definition) is 2. The summed E-state index contributed by atoms with van der Waals surface area (Å²) < 4.78 is 0.767. The highest BCUT2D eigenvalue weighted by atomic mass is 35.5. The van der Waals surface area contributed by atoms with Crippen LogP contribution in [0.5, 0.6) is 0 Å². The maximum Gasteiger partial charge on any atom is 0.224 e. The van der Waals surface area contributed by atoms with E-state index in [1.807, 2.05) is 12.1 Å². The zero-order valence-corrected chi connectivity index (χ0v) is 10.5. The molecule has 1 atom stereocenters. The average Bonchev–Trinajstić information content (AvgIpc) is 2.73. The van der Waals surface area contributed by atoms with Gasteiger partial charge in [0.25, 0.3) is 0 Å². The van der Waals surface area contributed by atoms with Gasteiger partial charge in [-0.1, -0.05) is 11.6 Å². The fourth-order valence-corrected chi connectivity index (χ4v) is 2.87. The topological polar surface area (TPSA) is 41.1 Å². The minimum absolute atomic E-state index is 0.129. The summed E-state index contributed by atoms with van der Waals surface area (Å²) in [6.45, 7) is 2.42. The largest absolute Gasteiger partial charge is 0.351 e. The van der Waals surface area contributed by atoms with Crippen molar-refractivity contribution < 1.29 is 4.79 Å². The Hall–Kier alpha value is -0.580. The summed E-state index contributed by atoms with van der Waals surface area (Å²) in [5.41, 5.74) is 0. The number of carbonyl (C=O) groups is 1. The number of rotatable bonds is 3. The Morgan fingerprint density at radius 3 is 3.12 bits per heavy atom. The Kier molecular flexibility index (Phi) is 4.21. The average molecular weight is 259 g/mol. The van der Waals surface area contributed by atoms with E-state index >= 15 is 0 Å². The van der Waals surface area contributed by atoms with Gasteiger partial charge in [-0.3, -0.25) is 4.79 Å². The SMILES string of the molecule is O=C(NCc1ccc(Cl)s1)[C@@H]1CCCNC1. The molecule has 0 bridgehead atoms. The second kappa shape index (κ2) is 5.66. The number of carbonyl (C=O) groups excluding carboxylic acids is 1. The van der Waals surface area contributed by atoms with Gasteiger partial charge in [-0.25, -0.2) is 0 Å². The van der Waals surface area contributed by atoms with E-state index in [-0.39, 0.29) is 11.8 Å². The molecule has 0 spiro atoms. The van der Waals surface area contributed by atoms with E-state index in [0.29, 0.717) is 6.54 Å². The molecule has 0 aliphatic carbocycles. The molecule has 16 heavy (non-hydrogen) atoms. The van der Waals surface area contributed by atoms with E-state index in [4.69, 9.17) is 11.6 Å². The molecule has 0 radical (unpaired) electrons. The first-order valence-electron chi connectivity index (χ1n) is 5.48. The molecule has 0 saturated carbocycles. The summed E-state index contributed by atoms with van der Waals surface area (Å²) in [4.78, 5) is 12.9. The van der Waals surface area contributed by atoms with Gasteiger partial charge in [0, 0.05) is 11.4 Å². The van der Waals surface area contributed by atoms with Gasteiger partial charge in [0.2, 0.25) is 5.91 Å². The number of hydrogen-bond acceptors (Lipinski definition) is 3. The molecule has 2 N–H and O–H groups in total. The van der Waals surface area contributed by atoms with Crippen LogP contribution in [0.15, 0.2) is 12.1 Å². The van der Waals surface area contributed by atoms with Crippen LogP contribution in [-0.2, 0) is 11.3 Å². The van der Waals surface area contributed by atoms with E-state index in [2.05, 4.69) is 10.6 Å². The van der Waals surface area contributed by atoms with Crippen molar-refractivity contribution in [1.29, 1.82) is 0 Å². The summed E-state index contributed by atoms with van der Waals surface area (Å²) in [6.07, 6.45) is 2.08. The Morgan fingerprint density at radius 2 is 2.50 bits per heavy atom. The first kappa shape index (κ1) is 11.9. The predicted molar refractivity (Wildman–Crippen MR) is 66.8 cm³/mol. The molecule has 88 valence electrons. The fraction of sp³-hybridized carbons (Fsp3) is 0.545. The highest BCUT2D eigenvalue weighted by Gasteiger charge is 2.20. The lowest BCUT2D eigenvalue weighted by molar-refractivity contribution is -0.125. The third-order valence-corrected chi connectivity index (χ3v) is 3.96. The van der Waals surface area contributed by atoms with E-state index in [1.54, 1.807) is 0 Å². The molecule has 2 rings (SSSR count). The fourth-order valence-electron chi connectivity index (χ4n) is 1.84. The predicted octanol–water partition coefficient (Wildman–Crippen LogP) is 2.02. The van der Waals surface area contributed by atoms with Gasteiger partial charge in [0.15, 0.2) is 0 Å². The Labute approximate surface area is 104 Å². The van der Waals surface area contributed by atoms with Crippen LogP contribution in [0.1, 0.15) is 17.7 Å². The third kappa shape index (κ3) is 3.20. The summed E-state index contributed by atoms with van der Waals surface area (Å²) in [6, 6.07) is 3.81. The summed E-state index contributed by atoms with van der Waals surface area (Å²) in [5, 5.41) is 6.19. The van der Waals surface area contributed by atoms with Crippen molar-refractivity contribution in [3.63, 3.8) is 0 Å². The molecule has 3 nitrogen and oxygen atoms in total. The van der Waals surface area contributed by atoms with Crippen LogP contribution < -0.4 is 10.6 Å². The van der Waals surface area contributed by atoms with Crippen molar-refractivity contribution in [2.24, 2.45) is 5.92 Å². The van der Waals surface area contributed by atoms with Crippen LogP contribution in [0, 0.1) is 5.92 Å². The molecular formula is C11H15ClN2OS.